The van der Waals surface area contributed by atoms with E-state index >= 15 is 0 Å². The van der Waals surface area contributed by atoms with Gasteiger partial charge in [0.05, 0.1) is 0 Å². The standard InChI is InChI=1S/C7H12/c1-6-4-3-5-7(6)2/h1,6-7H,3-5H2,2H3/t6-,7-/m0/s1. The summed E-state index contributed by atoms with van der Waals surface area (Å²) in [6.45, 7) is 7.91. The molecule has 0 aromatic carbocycles. The second-order valence-corrected chi connectivity index (χ2v) is 2.57. The molecular weight excluding hydrogens is 84.1 g/mol. The zero-order valence-corrected chi connectivity index (χ0v) is 4.85. The van der Waals surface area contributed by atoms with E-state index in [-0.39, 0.29) is 0 Å². The summed E-state index contributed by atoms with van der Waals surface area (Å²) in [4.78, 5) is 0. The average molecular weight is 96.2 g/mol. The summed E-state index contributed by atoms with van der Waals surface area (Å²) in [6.07, 6.45) is 3.95. The van der Waals surface area contributed by atoms with Crippen molar-refractivity contribution in [2.45, 2.75) is 26.2 Å². The molecule has 0 heterocycles. The van der Waals surface area contributed by atoms with Gasteiger partial charge in [-0.05, 0) is 25.2 Å². The molecule has 40 valence electrons. The maximum Gasteiger partial charge on any atom is -0.0315 e. The minimum atomic E-state index is 0.514. The zero-order valence-electron chi connectivity index (χ0n) is 4.85. The van der Waals surface area contributed by atoms with Gasteiger partial charge in [-0.1, -0.05) is 19.8 Å². The van der Waals surface area contributed by atoms with E-state index in [4.69, 9.17) is 6.92 Å². The van der Waals surface area contributed by atoms with Gasteiger partial charge in [0.2, 0.25) is 0 Å². The van der Waals surface area contributed by atoms with Crippen molar-refractivity contribution in [3.05, 3.63) is 6.92 Å². The summed E-state index contributed by atoms with van der Waals surface area (Å²) in [5.74, 6) is 1.31. The third-order valence-electron chi connectivity index (χ3n) is 1.93. The molecule has 0 bridgehead atoms. The van der Waals surface area contributed by atoms with E-state index in [9.17, 15) is 0 Å². The Morgan fingerprint density at radius 2 is 2.14 bits per heavy atom. The molecule has 2 radical (unpaired) electrons. The fourth-order valence-corrected chi connectivity index (χ4v) is 1.17. The highest BCUT2D eigenvalue weighted by molar-refractivity contribution is 4.74. The first kappa shape index (κ1) is 5.14. The van der Waals surface area contributed by atoms with Gasteiger partial charge >= 0.3 is 0 Å². The molecule has 0 aromatic rings. The lowest BCUT2D eigenvalue weighted by molar-refractivity contribution is 0.500. The van der Waals surface area contributed by atoms with Crippen molar-refractivity contribution in [3.63, 3.8) is 0 Å². The van der Waals surface area contributed by atoms with Crippen LogP contribution in [0.25, 0.3) is 0 Å². The lowest BCUT2D eigenvalue weighted by atomic mass is 10.0. The molecule has 0 amide bonds. The van der Waals surface area contributed by atoms with Crippen molar-refractivity contribution >= 4 is 0 Å². The molecule has 7 heavy (non-hydrogen) atoms. The Morgan fingerprint density at radius 1 is 1.43 bits per heavy atom. The molecule has 0 aliphatic heterocycles. The molecule has 0 aromatic heterocycles. The Balaban J connectivity index is 2.33. The lowest BCUT2D eigenvalue weighted by Crippen LogP contribution is -1.96. The highest BCUT2D eigenvalue weighted by Gasteiger charge is 2.17. The molecule has 1 saturated carbocycles. The van der Waals surface area contributed by atoms with E-state index in [1.54, 1.807) is 0 Å². The monoisotopic (exact) mass is 96.1 g/mol. The minimum Gasteiger partial charge on any atom is -0.0622 e. The first-order valence-electron chi connectivity index (χ1n) is 3.06. The molecule has 0 nitrogen and oxygen atoms in total. The van der Waals surface area contributed by atoms with Gasteiger partial charge in [0.25, 0.3) is 0 Å². The minimum absolute atomic E-state index is 0.514. The summed E-state index contributed by atoms with van der Waals surface area (Å²) < 4.78 is 0. The van der Waals surface area contributed by atoms with Crippen molar-refractivity contribution in [1.82, 2.24) is 0 Å². The summed E-state index contributed by atoms with van der Waals surface area (Å²) in [5.41, 5.74) is 0. The molecule has 0 N–H and O–H groups in total. The SMILES string of the molecule is [CH][C@H]1CCC[C@@H]1C. The molecule has 1 fully saturated rings. The van der Waals surface area contributed by atoms with Crippen LogP contribution in [-0.4, -0.2) is 0 Å². The fraction of sp³-hybridized carbons (Fsp3) is 0.857. The largest absolute Gasteiger partial charge is 0.0622 e. The van der Waals surface area contributed by atoms with Crippen LogP contribution < -0.4 is 0 Å². The third-order valence-corrected chi connectivity index (χ3v) is 1.93. The van der Waals surface area contributed by atoms with Crippen LogP contribution in [0.1, 0.15) is 26.2 Å². The molecule has 0 spiro atoms. The van der Waals surface area contributed by atoms with Crippen molar-refractivity contribution in [2.75, 3.05) is 0 Å². The normalized spacial score (nSPS) is 42.0. The maximum atomic E-state index is 5.68. The molecule has 0 saturated heterocycles. The topological polar surface area (TPSA) is 0 Å². The van der Waals surface area contributed by atoms with E-state index in [2.05, 4.69) is 6.92 Å². The highest BCUT2D eigenvalue weighted by Crippen LogP contribution is 2.29. The Kier molecular flexibility index (Phi) is 1.36. The van der Waals surface area contributed by atoms with Gasteiger partial charge in [0.15, 0.2) is 0 Å². The van der Waals surface area contributed by atoms with Crippen LogP contribution in [0.3, 0.4) is 0 Å². The van der Waals surface area contributed by atoms with E-state index in [1.165, 1.54) is 19.3 Å². The third kappa shape index (κ3) is 0.960. The van der Waals surface area contributed by atoms with Gasteiger partial charge in [0.1, 0.15) is 0 Å². The van der Waals surface area contributed by atoms with Gasteiger partial charge in [0, 0.05) is 0 Å². The predicted molar refractivity (Wildman–Crippen MR) is 30.8 cm³/mol. The van der Waals surface area contributed by atoms with E-state index in [0.717, 1.165) is 5.92 Å². The molecule has 2 atom stereocenters. The van der Waals surface area contributed by atoms with Gasteiger partial charge in [-0.2, -0.15) is 0 Å². The van der Waals surface area contributed by atoms with E-state index in [1.807, 2.05) is 0 Å². The van der Waals surface area contributed by atoms with Crippen molar-refractivity contribution in [3.8, 4) is 0 Å². The first-order valence-corrected chi connectivity index (χ1v) is 3.06. The van der Waals surface area contributed by atoms with Crippen LogP contribution in [-0.2, 0) is 0 Å². The Bertz CT molecular complexity index is 49.1. The fourth-order valence-electron chi connectivity index (χ4n) is 1.17. The highest BCUT2D eigenvalue weighted by atomic mass is 14.2. The molecule has 1 rings (SSSR count). The average Bonchev–Trinajstić information content (AvgIpc) is 1.91. The Morgan fingerprint density at radius 3 is 2.29 bits per heavy atom. The molecule has 1 aliphatic carbocycles. The van der Waals surface area contributed by atoms with Gasteiger partial charge < -0.3 is 0 Å². The van der Waals surface area contributed by atoms with Gasteiger partial charge in [-0.15, -0.1) is 0 Å². The molecular formula is C7H12. The molecule has 1 aliphatic rings. The summed E-state index contributed by atoms with van der Waals surface area (Å²) >= 11 is 0. The molecule has 0 heteroatoms. The first-order chi connectivity index (χ1) is 3.30. The van der Waals surface area contributed by atoms with Crippen molar-refractivity contribution < 1.29 is 0 Å². The van der Waals surface area contributed by atoms with E-state index < -0.39 is 0 Å². The van der Waals surface area contributed by atoms with Crippen LogP contribution in [0.4, 0.5) is 0 Å². The molecule has 0 unspecified atom stereocenters. The number of rotatable bonds is 0. The van der Waals surface area contributed by atoms with Crippen LogP contribution in [0.15, 0.2) is 0 Å². The van der Waals surface area contributed by atoms with Crippen LogP contribution >= 0.6 is 0 Å². The predicted octanol–water partition coefficient (Wildman–Crippen LogP) is 2.13. The maximum absolute atomic E-state index is 5.68. The quantitative estimate of drug-likeness (QED) is 0.433. The lowest BCUT2D eigenvalue weighted by Gasteiger charge is -2.04. The Labute approximate surface area is 45.9 Å². The second kappa shape index (κ2) is 1.85. The van der Waals surface area contributed by atoms with Crippen LogP contribution in [0, 0.1) is 18.8 Å². The summed E-state index contributed by atoms with van der Waals surface area (Å²) in [6, 6.07) is 0. The zero-order chi connectivity index (χ0) is 5.28. The Hall–Kier alpha value is 0. The second-order valence-electron chi connectivity index (χ2n) is 2.57. The smallest absolute Gasteiger partial charge is 0.0315 e. The van der Waals surface area contributed by atoms with Crippen molar-refractivity contribution in [1.29, 1.82) is 0 Å². The van der Waals surface area contributed by atoms with Gasteiger partial charge in [-0.3, -0.25) is 0 Å². The van der Waals surface area contributed by atoms with Gasteiger partial charge in [-0.25, -0.2) is 0 Å². The summed E-state index contributed by atoms with van der Waals surface area (Å²) in [5, 5.41) is 0. The van der Waals surface area contributed by atoms with Crippen LogP contribution in [0.2, 0.25) is 0 Å². The number of hydrogen-bond donors (Lipinski definition) is 0. The van der Waals surface area contributed by atoms with Crippen LogP contribution in [0.5, 0.6) is 0 Å². The summed E-state index contributed by atoms with van der Waals surface area (Å²) in [7, 11) is 0. The van der Waals surface area contributed by atoms with Crippen molar-refractivity contribution in [2.24, 2.45) is 11.8 Å². The van der Waals surface area contributed by atoms with E-state index in [0.29, 0.717) is 5.92 Å². The number of hydrogen-bond acceptors (Lipinski definition) is 0.